The van der Waals surface area contributed by atoms with E-state index in [0.717, 1.165) is 51.6 Å². The van der Waals surface area contributed by atoms with Crippen molar-refractivity contribution in [3.63, 3.8) is 0 Å². The summed E-state index contributed by atoms with van der Waals surface area (Å²) in [7, 11) is 0. The number of ether oxygens (including phenoxy) is 2. The van der Waals surface area contributed by atoms with Gasteiger partial charge in [-0.05, 0) is 18.9 Å². The van der Waals surface area contributed by atoms with Crippen LogP contribution in [0.15, 0.2) is 24.3 Å². The molecule has 2 aliphatic rings. The van der Waals surface area contributed by atoms with Crippen LogP contribution < -0.4 is 10.5 Å². The third kappa shape index (κ3) is 2.97. The fraction of sp³-hybridized carbons (Fsp3) is 0.625. The predicted octanol–water partition coefficient (Wildman–Crippen LogP) is 1.64. The van der Waals surface area contributed by atoms with Gasteiger partial charge < -0.3 is 15.2 Å². The molecule has 2 aliphatic heterocycles. The number of nitrogens with zero attached hydrogens (tertiary/aromatic N) is 1. The van der Waals surface area contributed by atoms with Gasteiger partial charge in [0, 0.05) is 43.8 Å². The largest absolute Gasteiger partial charge is 0.492 e. The first-order valence-electron chi connectivity index (χ1n) is 7.52. The summed E-state index contributed by atoms with van der Waals surface area (Å²) in [6.07, 6.45) is 2.29. The number of para-hydroxylation sites is 1. The van der Waals surface area contributed by atoms with E-state index in [4.69, 9.17) is 15.2 Å². The molecular formula is C16H24N2O2. The standard InChI is InChI=1S/C16H24N2O2/c17-11-16(6-3-8-19-13-16)12-18-7-9-20-15-5-2-1-4-14(15)10-18/h1-2,4-5H,3,6-13,17H2. The highest BCUT2D eigenvalue weighted by Gasteiger charge is 2.34. The molecule has 0 amide bonds. The van der Waals surface area contributed by atoms with Crippen molar-refractivity contribution in [3.05, 3.63) is 29.8 Å². The minimum absolute atomic E-state index is 0.123. The second-order valence-electron chi connectivity index (χ2n) is 6.03. The quantitative estimate of drug-likeness (QED) is 0.911. The van der Waals surface area contributed by atoms with Crippen molar-refractivity contribution in [2.75, 3.05) is 39.5 Å². The Balaban J connectivity index is 1.71. The molecule has 3 rings (SSSR count). The summed E-state index contributed by atoms with van der Waals surface area (Å²) in [5, 5.41) is 0. The van der Waals surface area contributed by atoms with Gasteiger partial charge >= 0.3 is 0 Å². The van der Waals surface area contributed by atoms with E-state index in [9.17, 15) is 0 Å². The molecule has 2 heterocycles. The number of hydrogen-bond acceptors (Lipinski definition) is 4. The van der Waals surface area contributed by atoms with Crippen molar-refractivity contribution in [2.45, 2.75) is 19.4 Å². The molecule has 4 heteroatoms. The van der Waals surface area contributed by atoms with Gasteiger partial charge in [-0.15, -0.1) is 0 Å². The Morgan fingerprint density at radius 3 is 2.95 bits per heavy atom. The summed E-state index contributed by atoms with van der Waals surface area (Å²) in [6, 6.07) is 8.32. The van der Waals surface area contributed by atoms with Crippen LogP contribution in [0.5, 0.6) is 5.75 Å². The maximum absolute atomic E-state index is 6.05. The van der Waals surface area contributed by atoms with Gasteiger partial charge in [0.2, 0.25) is 0 Å². The van der Waals surface area contributed by atoms with E-state index in [1.807, 2.05) is 6.07 Å². The summed E-state index contributed by atoms with van der Waals surface area (Å²) in [4.78, 5) is 2.47. The summed E-state index contributed by atoms with van der Waals surface area (Å²) >= 11 is 0. The minimum atomic E-state index is 0.123. The van der Waals surface area contributed by atoms with Crippen LogP contribution in [0.2, 0.25) is 0 Å². The Morgan fingerprint density at radius 2 is 2.15 bits per heavy atom. The molecule has 2 N–H and O–H groups in total. The summed E-state index contributed by atoms with van der Waals surface area (Å²) in [5.41, 5.74) is 7.45. The van der Waals surface area contributed by atoms with Crippen LogP contribution in [0.1, 0.15) is 18.4 Å². The number of fused-ring (bicyclic) bond motifs is 1. The highest BCUT2D eigenvalue weighted by molar-refractivity contribution is 5.33. The molecule has 0 aliphatic carbocycles. The topological polar surface area (TPSA) is 47.7 Å². The maximum Gasteiger partial charge on any atom is 0.123 e. The number of rotatable bonds is 3. The average Bonchev–Trinajstić information content (AvgIpc) is 2.69. The van der Waals surface area contributed by atoms with Gasteiger partial charge in [0.15, 0.2) is 0 Å². The fourth-order valence-electron chi connectivity index (χ4n) is 3.25. The zero-order valence-electron chi connectivity index (χ0n) is 12.0. The molecule has 0 bridgehead atoms. The fourth-order valence-corrected chi connectivity index (χ4v) is 3.25. The number of nitrogens with two attached hydrogens (primary N) is 1. The molecule has 1 fully saturated rings. The van der Waals surface area contributed by atoms with Crippen LogP contribution in [0.3, 0.4) is 0 Å². The van der Waals surface area contributed by atoms with Crippen LogP contribution in [0.4, 0.5) is 0 Å². The van der Waals surface area contributed by atoms with Crippen molar-refractivity contribution in [1.82, 2.24) is 4.90 Å². The second-order valence-corrected chi connectivity index (χ2v) is 6.03. The van der Waals surface area contributed by atoms with Crippen molar-refractivity contribution < 1.29 is 9.47 Å². The lowest BCUT2D eigenvalue weighted by Crippen LogP contribution is -2.48. The molecular weight excluding hydrogens is 252 g/mol. The monoisotopic (exact) mass is 276 g/mol. The third-order valence-corrected chi connectivity index (χ3v) is 4.43. The number of hydrogen-bond donors (Lipinski definition) is 1. The van der Waals surface area contributed by atoms with Gasteiger partial charge in [0.25, 0.3) is 0 Å². The minimum Gasteiger partial charge on any atom is -0.492 e. The zero-order valence-corrected chi connectivity index (χ0v) is 12.0. The van der Waals surface area contributed by atoms with Crippen LogP contribution >= 0.6 is 0 Å². The highest BCUT2D eigenvalue weighted by Crippen LogP contribution is 2.30. The first-order chi connectivity index (χ1) is 9.81. The Kier molecular flexibility index (Phi) is 4.24. The molecule has 1 aromatic carbocycles. The smallest absolute Gasteiger partial charge is 0.123 e. The summed E-state index contributed by atoms with van der Waals surface area (Å²) in [6.45, 7) is 6.02. The normalized spacial score (nSPS) is 27.4. The van der Waals surface area contributed by atoms with E-state index in [2.05, 4.69) is 23.1 Å². The van der Waals surface area contributed by atoms with E-state index in [1.165, 1.54) is 12.0 Å². The molecule has 0 aromatic heterocycles. The van der Waals surface area contributed by atoms with Crippen molar-refractivity contribution >= 4 is 0 Å². The SMILES string of the molecule is NCC1(CN2CCOc3ccccc3C2)CCCOC1. The van der Waals surface area contributed by atoms with Gasteiger partial charge in [-0.1, -0.05) is 18.2 Å². The van der Waals surface area contributed by atoms with Crippen LogP contribution in [0, 0.1) is 5.41 Å². The van der Waals surface area contributed by atoms with Crippen LogP contribution in [-0.4, -0.2) is 44.4 Å². The maximum atomic E-state index is 6.05. The van der Waals surface area contributed by atoms with Gasteiger partial charge in [0.05, 0.1) is 6.61 Å². The van der Waals surface area contributed by atoms with E-state index in [-0.39, 0.29) is 5.41 Å². The molecule has 20 heavy (non-hydrogen) atoms. The first kappa shape index (κ1) is 13.9. The number of benzene rings is 1. The zero-order chi connectivity index (χ0) is 13.8. The molecule has 1 atom stereocenters. The predicted molar refractivity (Wildman–Crippen MR) is 78.8 cm³/mol. The second kappa shape index (κ2) is 6.12. The van der Waals surface area contributed by atoms with Crippen molar-refractivity contribution in [2.24, 2.45) is 11.1 Å². The van der Waals surface area contributed by atoms with Gasteiger partial charge in [-0.3, -0.25) is 4.90 Å². The lowest BCUT2D eigenvalue weighted by Gasteiger charge is -2.39. The van der Waals surface area contributed by atoms with Crippen molar-refractivity contribution in [1.29, 1.82) is 0 Å². The molecule has 0 saturated carbocycles. The van der Waals surface area contributed by atoms with Crippen LogP contribution in [0.25, 0.3) is 0 Å². The molecule has 4 nitrogen and oxygen atoms in total. The Bertz CT molecular complexity index is 444. The molecule has 1 aromatic rings. The van der Waals surface area contributed by atoms with E-state index in [0.29, 0.717) is 6.54 Å². The Labute approximate surface area is 120 Å². The molecule has 1 unspecified atom stereocenters. The van der Waals surface area contributed by atoms with E-state index >= 15 is 0 Å². The van der Waals surface area contributed by atoms with Crippen LogP contribution in [-0.2, 0) is 11.3 Å². The first-order valence-corrected chi connectivity index (χ1v) is 7.52. The van der Waals surface area contributed by atoms with Gasteiger partial charge in [0.1, 0.15) is 12.4 Å². The molecule has 0 radical (unpaired) electrons. The lowest BCUT2D eigenvalue weighted by molar-refractivity contribution is -0.0236. The third-order valence-electron chi connectivity index (χ3n) is 4.43. The lowest BCUT2D eigenvalue weighted by atomic mass is 9.82. The molecule has 0 spiro atoms. The Hall–Kier alpha value is -1.10. The average molecular weight is 276 g/mol. The highest BCUT2D eigenvalue weighted by atomic mass is 16.5. The van der Waals surface area contributed by atoms with Gasteiger partial charge in [-0.25, -0.2) is 0 Å². The Morgan fingerprint density at radius 1 is 1.25 bits per heavy atom. The summed E-state index contributed by atoms with van der Waals surface area (Å²) < 4.78 is 11.5. The van der Waals surface area contributed by atoms with Gasteiger partial charge in [-0.2, -0.15) is 0 Å². The van der Waals surface area contributed by atoms with Crippen molar-refractivity contribution in [3.8, 4) is 5.75 Å². The van der Waals surface area contributed by atoms with E-state index in [1.54, 1.807) is 0 Å². The molecule has 1 saturated heterocycles. The summed E-state index contributed by atoms with van der Waals surface area (Å²) in [5.74, 6) is 1.02. The van der Waals surface area contributed by atoms with E-state index < -0.39 is 0 Å². The molecule has 110 valence electrons.